The molecule has 1 aliphatic heterocycles. The van der Waals surface area contributed by atoms with Crippen LogP contribution in [0.15, 0.2) is 30.5 Å². The molecule has 1 aromatic carbocycles. The molecule has 2 aromatic rings. The molecule has 1 saturated heterocycles. The van der Waals surface area contributed by atoms with E-state index in [1.165, 1.54) is 19.3 Å². The van der Waals surface area contributed by atoms with Crippen LogP contribution in [0.25, 0.3) is 0 Å². The van der Waals surface area contributed by atoms with E-state index in [0.29, 0.717) is 23.6 Å². The Morgan fingerprint density at radius 1 is 1.07 bits per heavy atom. The number of carboxylic acid groups (broad SMARTS) is 1. The first-order chi connectivity index (χ1) is 13.6. The molecule has 2 fully saturated rings. The fourth-order valence-corrected chi connectivity index (χ4v) is 4.70. The molecule has 1 atom stereocenters. The Balaban J connectivity index is 1.51. The summed E-state index contributed by atoms with van der Waals surface area (Å²) in [7, 11) is 0. The SMILES string of the molecule is O=C(O)c1cccc([C@@H]2CCCN(C(=O)c3cn[nH]c3C3CCCCC3)C2)c1. The van der Waals surface area contributed by atoms with E-state index in [1.807, 2.05) is 11.0 Å². The maximum Gasteiger partial charge on any atom is 0.335 e. The van der Waals surface area contributed by atoms with E-state index in [2.05, 4.69) is 10.2 Å². The lowest BCUT2D eigenvalue weighted by molar-refractivity contribution is 0.0687. The van der Waals surface area contributed by atoms with Crippen molar-refractivity contribution < 1.29 is 14.7 Å². The van der Waals surface area contributed by atoms with Crippen LogP contribution in [-0.4, -0.2) is 45.2 Å². The van der Waals surface area contributed by atoms with Crippen LogP contribution in [0.3, 0.4) is 0 Å². The lowest BCUT2D eigenvalue weighted by Gasteiger charge is -2.33. The summed E-state index contributed by atoms with van der Waals surface area (Å²) in [6.07, 6.45) is 9.50. The summed E-state index contributed by atoms with van der Waals surface area (Å²) in [5, 5.41) is 16.5. The number of amides is 1. The molecule has 6 nitrogen and oxygen atoms in total. The predicted molar refractivity (Wildman–Crippen MR) is 106 cm³/mol. The van der Waals surface area contributed by atoms with Gasteiger partial charge in [-0.1, -0.05) is 31.4 Å². The van der Waals surface area contributed by atoms with Crippen molar-refractivity contribution in [3.05, 3.63) is 52.8 Å². The number of hydrogen-bond acceptors (Lipinski definition) is 3. The largest absolute Gasteiger partial charge is 0.478 e. The summed E-state index contributed by atoms with van der Waals surface area (Å²) in [6, 6.07) is 7.11. The van der Waals surface area contributed by atoms with Crippen LogP contribution in [-0.2, 0) is 0 Å². The number of likely N-dealkylation sites (tertiary alicyclic amines) is 1. The highest BCUT2D eigenvalue weighted by Crippen LogP contribution is 2.34. The summed E-state index contributed by atoms with van der Waals surface area (Å²) in [4.78, 5) is 26.4. The summed E-state index contributed by atoms with van der Waals surface area (Å²) in [6.45, 7) is 1.36. The van der Waals surface area contributed by atoms with Crippen molar-refractivity contribution in [2.45, 2.75) is 56.8 Å². The molecule has 28 heavy (non-hydrogen) atoms. The maximum absolute atomic E-state index is 13.2. The highest BCUT2D eigenvalue weighted by molar-refractivity contribution is 5.95. The normalized spacial score (nSPS) is 20.9. The van der Waals surface area contributed by atoms with Crippen LogP contribution in [0, 0.1) is 0 Å². The van der Waals surface area contributed by atoms with Crippen LogP contribution in [0.2, 0.25) is 0 Å². The molecule has 2 N–H and O–H groups in total. The van der Waals surface area contributed by atoms with E-state index < -0.39 is 5.97 Å². The fourth-order valence-electron chi connectivity index (χ4n) is 4.70. The molecule has 4 rings (SSSR count). The van der Waals surface area contributed by atoms with Gasteiger partial charge in [-0.15, -0.1) is 0 Å². The number of aromatic nitrogens is 2. The van der Waals surface area contributed by atoms with Gasteiger partial charge < -0.3 is 10.0 Å². The Hall–Kier alpha value is -2.63. The minimum absolute atomic E-state index is 0.0495. The Morgan fingerprint density at radius 2 is 1.86 bits per heavy atom. The predicted octanol–water partition coefficient (Wildman–Crippen LogP) is 4.18. The Morgan fingerprint density at radius 3 is 2.64 bits per heavy atom. The average Bonchev–Trinajstić information content (AvgIpc) is 3.24. The number of piperidine rings is 1. The number of nitrogens with zero attached hydrogens (tertiary/aromatic N) is 2. The number of hydrogen-bond donors (Lipinski definition) is 2. The first-order valence-corrected chi connectivity index (χ1v) is 10.3. The molecule has 0 spiro atoms. The second kappa shape index (κ2) is 8.17. The van der Waals surface area contributed by atoms with E-state index in [-0.39, 0.29) is 11.8 Å². The third kappa shape index (κ3) is 3.81. The first-order valence-electron chi connectivity index (χ1n) is 10.3. The molecule has 6 heteroatoms. The zero-order chi connectivity index (χ0) is 19.5. The number of carboxylic acids is 1. The quantitative estimate of drug-likeness (QED) is 0.832. The summed E-state index contributed by atoms with van der Waals surface area (Å²) >= 11 is 0. The van der Waals surface area contributed by atoms with E-state index in [4.69, 9.17) is 0 Å². The number of benzene rings is 1. The number of H-pyrrole nitrogens is 1. The van der Waals surface area contributed by atoms with E-state index in [0.717, 1.165) is 43.5 Å². The minimum atomic E-state index is -0.916. The zero-order valence-electron chi connectivity index (χ0n) is 16.1. The number of aromatic carboxylic acids is 1. The van der Waals surface area contributed by atoms with Crippen LogP contribution < -0.4 is 0 Å². The molecule has 1 saturated carbocycles. The van der Waals surface area contributed by atoms with Crippen LogP contribution >= 0.6 is 0 Å². The minimum Gasteiger partial charge on any atom is -0.478 e. The highest BCUT2D eigenvalue weighted by Gasteiger charge is 2.30. The number of aromatic amines is 1. The molecule has 0 bridgehead atoms. The van der Waals surface area contributed by atoms with Crippen molar-refractivity contribution in [1.29, 1.82) is 0 Å². The van der Waals surface area contributed by atoms with Crippen molar-refractivity contribution in [2.75, 3.05) is 13.1 Å². The molecule has 0 unspecified atom stereocenters. The Kier molecular flexibility index (Phi) is 5.46. The molecule has 0 radical (unpaired) electrons. The van der Waals surface area contributed by atoms with Gasteiger partial charge in [0, 0.05) is 24.9 Å². The van der Waals surface area contributed by atoms with E-state index in [1.54, 1.807) is 24.4 Å². The first kappa shape index (κ1) is 18.7. The smallest absolute Gasteiger partial charge is 0.335 e. The maximum atomic E-state index is 13.2. The van der Waals surface area contributed by atoms with Crippen molar-refractivity contribution in [3.63, 3.8) is 0 Å². The number of carbonyl (C=O) groups excluding carboxylic acids is 1. The monoisotopic (exact) mass is 381 g/mol. The van der Waals surface area contributed by atoms with Gasteiger partial charge in [0.25, 0.3) is 5.91 Å². The van der Waals surface area contributed by atoms with Gasteiger partial charge in [-0.2, -0.15) is 5.10 Å². The molecule has 2 heterocycles. The zero-order valence-corrected chi connectivity index (χ0v) is 16.1. The lowest BCUT2D eigenvalue weighted by Crippen LogP contribution is -2.39. The van der Waals surface area contributed by atoms with Crippen molar-refractivity contribution in [2.24, 2.45) is 0 Å². The number of rotatable bonds is 4. The molecule has 148 valence electrons. The van der Waals surface area contributed by atoms with Crippen molar-refractivity contribution >= 4 is 11.9 Å². The lowest BCUT2D eigenvalue weighted by atomic mass is 9.85. The van der Waals surface area contributed by atoms with Crippen molar-refractivity contribution in [3.8, 4) is 0 Å². The van der Waals surface area contributed by atoms with Gasteiger partial charge in [0.15, 0.2) is 0 Å². The standard InChI is InChI=1S/C22H27N3O3/c26-21(19-13-23-24-20(19)15-6-2-1-3-7-15)25-11-5-10-18(14-25)16-8-4-9-17(12-16)22(27)28/h4,8-9,12-13,15,18H,1-3,5-7,10-11,14H2,(H,23,24)(H,27,28)/t18-/m1/s1. The van der Waals surface area contributed by atoms with Gasteiger partial charge in [0.2, 0.25) is 0 Å². The van der Waals surface area contributed by atoms with Gasteiger partial charge in [-0.25, -0.2) is 4.79 Å². The van der Waals surface area contributed by atoms with Crippen LogP contribution in [0.1, 0.15) is 88.8 Å². The second-order valence-electron chi connectivity index (χ2n) is 8.05. The molecule has 1 aliphatic carbocycles. The van der Waals surface area contributed by atoms with Crippen LogP contribution in [0.4, 0.5) is 0 Å². The molecule has 1 aromatic heterocycles. The van der Waals surface area contributed by atoms with Gasteiger partial charge in [-0.05, 0) is 43.4 Å². The molecule has 2 aliphatic rings. The average molecular weight is 381 g/mol. The third-order valence-corrected chi connectivity index (χ3v) is 6.23. The van der Waals surface area contributed by atoms with Gasteiger partial charge in [-0.3, -0.25) is 9.89 Å². The van der Waals surface area contributed by atoms with E-state index >= 15 is 0 Å². The second-order valence-corrected chi connectivity index (χ2v) is 8.05. The number of nitrogens with one attached hydrogen (secondary N) is 1. The highest BCUT2D eigenvalue weighted by atomic mass is 16.4. The Labute approximate surface area is 164 Å². The molecule has 1 amide bonds. The molecular formula is C22H27N3O3. The summed E-state index contributed by atoms with van der Waals surface area (Å²) < 4.78 is 0. The van der Waals surface area contributed by atoms with Gasteiger partial charge >= 0.3 is 5.97 Å². The van der Waals surface area contributed by atoms with Crippen molar-refractivity contribution in [1.82, 2.24) is 15.1 Å². The topological polar surface area (TPSA) is 86.3 Å². The summed E-state index contributed by atoms with van der Waals surface area (Å²) in [5.74, 6) is -0.292. The summed E-state index contributed by atoms with van der Waals surface area (Å²) in [5.41, 5.74) is 3.01. The van der Waals surface area contributed by atoms with E-state index in [9.17, 15) is 14.7 Å². The van der Waals surface area contributed by atoms with Crippen LogP contribution in [0.5, 0.6) is 0 Å². The third-order valence-electron chi connectivity index (χ3n) is 6.23. The molecular weight excluding hydrogens is 354 g/mol. The number of carbonyl (C=O) groups is 2. The Bertz CT molecular complexity index is 854. The fraction of sp³-hybridized carbons (Fsp3) is 0.500. The van der Waals surface area contributed by atoms with Gasteiger partial charge in [0.1, 0.15) is 0 Å². The van der Waals surface area contributed by atoms with Gasteiger partial charge in [0.05, 0.1) is 23.0 Å².